The normalized spacial score (nSPS) is 16.0. The summed E-state index contributed by atoms with van der Waals surface area (Å²) in [5, 5.41) is 4.42. The van der Waals surface area contributed by atoms with Crippen LogP contribution in [0.1, 0.15) is 28.9 Å². The van der Waals surface area contributed by atoms with Crippen molar-refractivity contribution in [3.8, 4) is 0 Å². The largest absolute Gasteiger partial charge is 0.368 e. The average Bonchev–Trinajstić information content (AvgIpc) is 3.46. The Morgan fingerprint density at radius 1 is 0.931 bits per heavy atom. The molecule has 0 saturated heterocycles. The first-order valence-electron chi connectivity index (χ1n) is 10.5. The number of para-hydroxylation sites is 2. The van der Waals surface area contributed by atoms with Crippen LogP contribution in [0.4, 0.5) is 11.4 Å². The van der Waals surface area contributed by atoms with Gasteiger partial charge in [-0.15, -0.1) is 0 Å². The molecule has 0 unspecified atom stereocenters. The van der Waals surface area contributed by atoms with E-state index in [2.05, 4.69) is 40.3 Å². The Bertz CT molecular complexity index is 993. The molecule has 5 heteroatoms. The van der Waals surface area contributed by atoms with E-state index in [4.69, 9.17) is 0 Å². The Kier molecular flexibility index (Phi) is 4.80. The molecular formula is C24H26N4O. The Labute approximate surface area is 171 Å². The lowest BCUT2D eigenvalue weighted by Gasteiger charge is -2.38. The van der Waals surface area contributed by atoms with Crippen molar-refractivity contribution in [1.82, 2.24) is 9.78 Å². The molecule has 1 aliphatic heterocycles. The quantitative estimate of drug-likeness (QED) is 0.643. The lowest BCUT2D eigenvalue weighted by molar-refractivity contribution is 0.0976. The minimum Gasteiger partial charge on any atom is -0.368 e. The molecule has 0 bridgehead atoms. The summed E-state index contributed by atoms with van der Waals surface area (Å²) in [6.45, 7) is 3.40. The van der Waals surface area contributed by atoms with Crippen LogP contribution in [0.2, 0.25) is 0 Å². The van der Waals surface area contributed by atoms with E-state index < -0.39 is 0 Å². The highest BCUT2D eigenvalue weighted by molar-refractivity contribution is 6.07. The van der Waals surface area contributed by atoms with E-state index >= 15 is 0 Å². The third-order valence-corrected chi connectivity index (χ3v) is 5.92. The monoisotopic (exact) mass is 386 g/mol. The first-order valence-corrected chi connectivity index (χ1v) is 10.5. The van der Waals surface area contributed by atoms with Crippen molar-refractivity contribution in [3.05, 3.63) is 78.1 Å². The summed E-state index contributed by atoms with van der Waals surface area (Å²) in [6.07, 6.45) is 5.26. The number of aryl methyl sites for hydroxylation is 2. The molecule has 2 heterocycles. The molecule has 29 heavy (non-hydrogen) atoms. The van der Waals surface area contributed by atoms with Gasteiger partial charge in [0, 0.05) is 32.4 Å². The second-order valence-electron chi connectivity index (χ2n) is 8.01. The molecule has 2 aromatic carbocycles. The second-order valence-corrected chi connectivity index (χ2v) is 8.01. The molecule has 148 valence electrons. The van der Waals surface area contributed by atoms with Crippen molar-refractivity contribution >= 4 is 17.3 Å². The second kappa shape index (κ2) is 7.74. The number of hydrogen-bond donors (Lipinski definition) is 0. The first-order chi connectivity index (χ1) is 14.3. The zero-order chi connectivity index (χ0) is 19.6. The Morgan fingerprint density at radius 3 is 2.48 bits per heavy atom. The predicted molar refractivity (Wildman–Crippen MR) is 115 cm³/mol. The zero-order valence-electron chi connectivity index (χ0n) is 16.6. The van der Waals surface area contributed by atoms with Gasteiger partial charge in [-0.2, -0.15) is 5.10 Å². The average molecular weight is 386 g/mol. The number of hydrogen-bond acceptors (Lipinski definition) is 3. The molecule has 0 radical (unpaired) electrons. The van der Waals surface area contributed by atoms with Crippen molar-refractivity contribution in [2.24, 2.45) is 5.92 Å². The van der Waals surface area contributed by atoms with E-state index in [1.807, 2.05) is 39.9 Å². The summed E-state index contributed by atoms with van der Waals surface area (Å²) in [6, 6.07) is 20.5. The van der Waals surface area contributed by atoms with Crippen molar-refractivity contribution in [3.63, 3.8) is 0 Å². The van der Waals surface area contributed by atoms with Gasteiger partial charge < -0.3 is 9.80 Å². The fourth-order valence-electron chi connectivity index (χ4n) is 4.14. The molecule has 5 nitrogen and oxygen atoms in total. The number of carbonyl (C=O) groups is 1. The van der Waals surface area contributed by atoms with Gasteiger partial charge >= 0.3 is 0 Å². The molecule has 1 aliphatic carbocycles. The number of amides is 1. The Morgan fingerprint density at radius 2 is 1.69 bits per heavy atom. The highest BCUT2D eigenvalue weighted by Crippen LogP contribution is 2.37. The number of fused-ring (bicyclic) bond motifs is 1. The highest BCUT2D eigenvalue weighted by atomic mass is 16.2. The van der Waals surface area contributed by atoms with Gasteiger partial charge in [-0.1, -0.05) is 42.5 Å². The number of aromatic nitrogens is 2. The first kappa shape index (κ1) is 18.0. The van der Waals surface area contributed by atoms with Gasteiger partial charge in [-0.25, -0.2) is 0 Å². The van der Waals surface area contributed by atoms with Crippen LogP contribution >= 0.6 is 0 Å². The van der Waals surface area contributed by atoms with E-state index in [9.17, 15) is 4.79 Å². The molecule has 0 N–H and O–H groups in total. The Balaban J connectivity index is 1.36. The lowest BCUT2D eigenvalue weighted by Crippen LogP contribution is -2.45. The van der Waals surface area contributed by atoms with E-state index in [1.165, 1.54) is 24.1 Å². The fourth-order valence-corrected chi connectivity index (χ4v) is 4.14. The van der Waals surface area contributed by atoms with E-state index in [0.717, 1.165) is 31.1 Å². The third kappa shape index (κ3) is 3.77. The van der Waals surface area contributed by atoms with Crippen LogP contribution in [-0.2, 0) is 13.0 Å². The SMILES string of the molecule is O=C(c1ccnn1CCc1ccccc1)N1CCN(CC2CC2)c2ccccc21. The smallest absolute Gasteiger partial charge is 0.276 e. The molecule has 1 aromatic heterocycles. The molecule has 3 aromatic rings. The van der Waals surface area contributed by atoms with Gasteiger partial charge in [-0.05, 0) is 48.9 Å². The van der Waals surface area contributed by atoms with E-state index in [0.29, 0.717) is 18.8 Å². The van der Waals surface area contributed by atoms with Crippen LogP contribution in [0.25, 0.3) is 0 Å². The number of benzene rings is 2. The minimum absolute atomic E-state index is 0.0362. The maximum Gasteiger partial charge on any atom is 0.276 e. The van der Waals surface area contributed by atoms with Gasteiger partial charge in [0.2, 0.25) is 0 Å². The van der Waals surface area contributed by atoms with Crippen LogP contribution < -0.4 is 9.80 Å². The summed E-state index contributed by atoms with van der Waals surface area (Å²) in [7, 11) is 0. The fraction of sp³-hybridized carbons (Fsp3) is 0.333. The number of rotatable bonds is 6. The standard InChI is InChI=1S/C24H26N4O/c29-24(23-12-14-25-28(23)15-13-19-6-2-1-3-7-19)27-17-16-26(18-20-10-11-20)21-8-4-5-9-22(21)27/h1-9,12,14,20H,10-11,13,15-18H2. The molecule has 1 amide bonds. The van der Waals surface area contributed by atoms with Crippen LogP contribution in [0.5, 0.6) is 0 Å². The van der Waals surface area contributed by atoms with Crippen molar-refractivity contribution in [1.29, 1.82) is 0 Å². The number of carbonyl (C=O) groups excluding carboxylic acids is 1. The molecular weight excluding hydrogens is 360 g/mol. The summed E-state index contributed by atoms with van der Waals surface area (Å²) in [4.78, 5) is 17.8. The number of nitrogens with zero attached hydrogens (tertiary/aromatic N) is 4. The third-order valence-electron chi connectivity index (χ3n) is 5.92. The molecule has 1 saturated carbocycles. The zero-order valence-corrected chi connectivity index (χ0v) is 16.6. The van der Waals surface area contributed by atoms with Crippen LogP contribution in [0, 0.1) is 5.92 Å². The molecule has 0 spiro atoms. The summed E-state index contributed by atoms with van der Waals surface area (Å²) >= 11 is 0. The van der Waals surface area contributed by atoms with Gasteiger partial charge in [0.15, 0.2) is 0 Å². The topological polar surface area (TPSA) is 41.4 Å². The van der Waals surface area contributed by atoms with Gasteiger partial charge in [0.05, 0.1) is 11.4 Å². The van der Waals surface area contributed by atoms with Gasteiger partial charge in [-0.3, -0.25) is 9.48 Å². The van der Waals surface area contributed by atoms with Crippen LogP contribution in [0.3, 0.4) is 0 Å². The number of anilines is 2. The van der Waals surface area contributed by atoms with Crippen molar-refractivity contribution in [2.75, 3.05) is 29.4 Å². The maximum atomic E-state index is 13.4. The highest BCUT2D eigenvalue weighted by Gasteiger charge is 2.32. The van der Waals surface area contributed by atoms with Crippen molar-refractivity contribution in [2.45, 2.75) is 25.8 Å². The maximum absolute atomic E-state index is 13.4. The minimum atomic E-state index is 0.0362. The van der Waals surface area contributed by atoms with Gasteiger partial charge in [0.1, 0.15) is 5.69 Å². The van der Waals surface area contributed by atoms with Gasteiger partial charge in [0.25, 0.3) is 5.91 Å². The molecule has 5 rings (SSSR count). The Hall–Kier alpha value is -3.08. The summed E-state index contributed by atoms with van der Waals surface area (Å²) in [5.41, 5.74) is 4.10. The van der Waals surface area contributed by atoms with Crippen molar-refractivity contribution < 1.29 is 4.79 Å². The summed E-state index contributed by atoms with van der Waals surface area (Å²) < 4.78 is 1.84. The van der Waals surface area contributed by atoms with Crippen LogP contribution in [0.15, 0.2) is 66.9 Å². The summed E-state index contributed by atoms with van der Waals surface area (Å²) in [5.74, 6) is 0.860. The lowest BCUT2D eigenvalue weighted by atomic mass is 10.1. The van der Waals surface area contributed by atoms with E-state index in [1.54, 1.807) is 6.20 Å². The van der Waals surface area contributed by atoms with Crippen LogP contribution in [-0.4, -0.2) is 35.3 Å². The molecule has 1 fully saturated rings. The predicted octanol–water partition coefficient (Wildman–Crippen LogP) is 4.00. The molecule has 0 atom stereocenters. The molecule has 2 aliphatic rings. The van der Waals surface area contributed by atoms with E-state index in [-0.39, 0.29) is 5.91 Å².